The highest BCUT2D eigenvalue weighted by atomic mass is 32.2. The number of carbonyl (C=O) groups is 4. The molecule has 44 heavy (non-hydrogen) atoms. The van der Waals surface area contributed by atoms with Gasteiger partial charge in [-0.3, -0.25) is 29.0 Å². The third-order valence-electron chi connectivity index (χ3n) is 12.0. The molecule has 0 aromatic heterocycles. The number of nitrogens with zero attached hydrogens (tertiary/aromatic N) is 4. The molecule has 2 spiro atoms. The van der Waals surface area contributed by atoms with Crippen LogP contribution >= 0.6 is 23.5 Å². The van der Waals surface area contributed by atoms with Crippen LogP contribution in [-0.4, -0.2) is 113 Å². The van der Waals surface area contributed by atoms with Crippen molar-refractivity contribution in [3.05, 3.63) is 59.7 Å². The van der Waals surface area contributed by atoms with Gasteiger partial charge in [-0.05, 0) is 23.3 Å². The van der Waals surface area contributed by atoms with Gasteiger partial charge in [0, 0.05) is 38.3 Å². The van der Waals surface area contributed by atoms with Crippen molar-refractivity contribution < 1.29 is 29.4 Å². The van der Waals surface area contributed by atoms with Crippen LogP contribution in [0, 0.1) is 0 Å². The number of amides is 4. The standard InChI is InChI=1S/C30H28N6O6S2/c1-33-21(39)27-11-25(15-7-3-5-9-17(15)31-19(25)35(27)23(41)29(33,13-37)43-27)26-12-28-22(40)34(2)30(14-38,44-28)24(42)36(28)20(26)32-18-10-6-4-8-16(18)26/h3-10,19-20,31-32,37-38H,11-14H2,1-2H3/t19-,20-,25+,26?,27+,28+,29-,30-/m1/s1. The minimum Gasteiger partial charge on any atom is -0.392 e. The third-order valence-corrected chi connectivity index (χ3v) is 15.6. The van der Waals surface area contributed by atoms with Gasteiger partial charge >= 0.3 is 0 Å². The molecule has 6 saturated heterocycles. The highest BCUT2D eigenvalue weighted by molar-refractivity contribution is 8.04. The van der Waals surface area contributed by atoms with Gasteiger partial charge in [0.25, 0.3) is 23.6 Å². The minimum absolute atomic E-state index is 0.223. The predicted octanol–water partition coefficient (Wildman–Crippen LogP) is 0.0376. The van der Waals surface area contributed by atoms with E-state index in [-0.39, 0.29) is 36.5 Å². The highest BCUT2D eigenvalue weighted by Crippen LogP contribution is 2.78. The lowest BCUT2D eigenvalue weighted by Crippen LogP contribution is -2.67. The molecule has 0 radical (unpaired) electrons. The zero-order valence-electron chi connectivity index (χ0n) is 23.7. The summed E-state index contributed by atoms with van der Waals surface area (Å²) < 4.78 is 0. The second-order valence-electron chi connectivity index (χ2n) is 13.2. The number of aliphatic hydroxyl groups excluding tert-OH is 2. The van der Waals surface area contributed by atoms with Crippen molar-refractivity contribution in [1.82, 2.24) is 19.6 Å². The predicted molar refractivity (Wildman–Crippen MR) is 160 cm³/mol. The molecule has 8 aliphatic rings. The molecule has 8 atom stereocenters. The lowest BCUT2D eigenvalue weighted by atomic mass is 9.54. The van der Waals surface area contributed by atoms with Crippen LogP contribution in [0.3, 0.4) is 0 Å². The van der Waals surface area contributed by atoms with Gasteiger partial charge in [0.1, 0.15) is 12.3 Å². The zero-order chi connectivity index (χ0) is 30.4. The Morgan fingerprint density at radius 2 is 1.07 bits per heavy atom. The average molecular weight is 633 g/mol. The molecule has 4 N–H and O–H groups in total. The molecular formula is C30H28N6O6S2. The van der Waals surface area contributed by atoms with E-state index in [1.165, 1.54) is 33.3 Å². The minimum atomic E-state index is -1.41. The van der Waals surface area contributed by atoms with E-state index in [0.717, 1.165) is 22.5 Å². The highest BCUT2D eigenvalue weighted by Gasteiger charge is 2.90. The van der Waals surface area contributed by atoms with Crippen molar-refractivity contribution >= 4 is 58.5 Å². The van der Waals surface area contributed by atoms with Crippen LogP contribution in [0.4, 0.5) is 11.4 Å². The number of fused-ring (bicyclic) bond motifs is 11. The Bertz CT molecular complexity index is 1700. The molecule has 12 nitrogen and oxygen atoms in total. The molecular weight excluding hydrogens is 605 g/mol. The summed E-state index contributed by atoms with van der Waals surface area (Å²) in [6, 6.07) is 15.7. The summed E-state index contributed by atoms with van der Waals surface area (Å²) in [6.07, 6.45) is -0.953. The van der Waals surface area contributed by atoms with Gasteiger partial charge in [0.2, 0.25) is 0 Å². The van der Waals surface area contributed by atoms with Gasteiger partial charge in [-0.1, -0.05) is 59.9 Å². The van der Waals surface area contributed by atoms with Crippen LogP contribution in [0.1, 0.15) is 24.0 Å². The summed E-state index contributed by atoms with van der Waals surface area (Å²) in [5, 5.41) is 28.3. The maximum Gasteiger partial charge on any atom is 0.264 e. The van der Waals surface area contributed by atoms with Crippen molar-refractivity contribution in [3.8, 4) is 0 Å². The van der Waals surface area contributed by atoms with Gasteiger partial charge < -0.3 is 30.6 Å². The van der Waals surface area contributed by atoms with E-state index in [1.54, 1.807) is 23.9 Å². The molecule has 4 amide bonds. The van der Waals surface area contributed by atoms with Crippen molar-refractivity contribution in [2.75, 3.05) is 37.9 Å². The summed E-state index contributed by atoms with van der Waals surface area (Å²) >= 11 is 2.42. The van der Waals surface area contributed by atoms with Crippen LogP contribution in [0.2, 0.25) is 0 Å². The van der Waals surface area contributed by atoms with E-state index in [4.69, 9.17) is 0 Å². The fourth-order valence-electron chi connectivity index (χ4n) is 10.3. The number of para-hydroxylation sites is 2. The van der Waals surface area contributed by atoms with Crippen LogP contribution < -0.4 is 10.6 Å². The number of carbonyl (C=O) groups excluding carboxylic acids is 4. The monoisotopic (exact) mass is 632 g/mol. The van der Waals surface area contributed by atoms with E-state index in [0.29, 0.717) is 0 Å². The first-order valence-electron chi connectivity index (χ1n) is 14.6. The molecule has 2 aromatic rings. The molecule has 4 bridgehead atoms. The Labute approximate surface area is 260 Å². The SMILES string of the molecule is CN1C(=O)[C@@]23CC4([C@]56C[C@@]78S[C@](CO)(C(=O)N7[C@H]5Nc5ccccc56)N(C)C8=O)c5ccccc5N[C@@H]4N2C(=O)[C@@]1(CO)S3. The van der Waals surface area contributed by atoms with Gasteiger partial charge in [-0.15, -0.1) is 0 Å². The van der Waals surface area contributed by atoms with E-state index in [9.17, 15) is 29.4 Å². The first kappa shape index (κ1) is 25.8. The van der Waals surface area contributed by atoms with E-state index in [1.807, 2.05) is 48.5 Å². The topological polar surface area (TPSA) is 146 Å². The second kappa shape index (κ2) is 7.16. The van der Waals surface area contributed by atoms with Crippen LogP contribution in [0.5, 0.6) is 0 Å². The first-order chi connectivity index (χ1) is 21.1. The Morgan fingerprint density at radius 1 is 0.682 bits per heavy atom. The number of aliphatic hydroxyl groups is 2. The molecule has 8 heterocycles. The number of nitrogens with one attached hydrogen (secondary N) is 2. The number of anilines is 2. The number of benzene rings is 2. The summed E-state index contributed by atoms with van der Waals surface area (Å²) in [7, 11) is 3.15. The van der Waals surface area contributed by atoms with Crippen LogP contribution in [0.25, 0.3) is 0 Å². The van der Waals surface area contributed by atoms with Crippen molar-refractivity contribution in [3.63, 3.8) is 0 Å². The number of hydrogen-bond donors (Lipinski definition) is 4. The second-order valence-corrected chi connectivity index (χ2v) is 16.3. The van der Waals surface area contributed by atoms with Crippen LogP contribution in [0.15, 0.2) is 48.5 Å². The zero-order valence-corrected chi connectivity index (χ0v) is 25.4. The quantitative estimate of drug-likeness (QED) is 0.366. The van der Waals surface area contributed by atoms with Crippen molar-refractivity contribution in [2.24, 2.45) is 0 Å². The third kappa shape index (κ3) is 2.08. The maximum atomic E-state index is 14.4. The number of likely N-dealkylation sites (N-methyl/N-ethyl adjacent to an activating group) is 2. The van der Waals surface area contributed by atoms with Crippen LogP contribution in [-0.2, 0) is 30.0 Å². The Hall–Kier alpha value is -3.46. The van der Waals surface area contributed by atoms with E-state index < -0.39 is 55.9 Å². The molecule has 2 aromatic carbocycles. The largest absolute Gasteiger partial charge is 0.392 e. The fourth-order valence-corrected chi connectivity index (χ4v) is 14.0. The molecule has 1 unspecified atom stereocenters. The Balaban J connectivity index is 1.28. The van der Waals surface area contributed by atoms with Crippen molar-refractivity contribution in [2.45, 2.75) is 55.5 Å². The Morgan fingerprint density at radius 3 is 1.45 bits per heavy atom. The Kier molecular flexibility index (Phi) is 4.21. The van der Waals surface area contributed by atoms with Gasteiger partial charge in [-0.2, -0.15) is 0 Å². The lowest BCUT2D eigenvalue weighted by Gasteiger charge is -2.49. The number of rotatable bonds is 3. The normalized spacial score (nSPS) is 44.6. The molecule has 6 fully saturated rings. The van der Waals surface area contributed by atoms with E-state index >= 15 is 0 Å². The number of piperazine rings is 2. The lowest BCUT2D eigenvalue weighted by molar-refractivity contribution is -0.161. The molecule has 8 aliphatic heterocycles. The summed E-state index contributed by atoms with van der Waals surface area (Å²) in [6.45, 7) is -1.01. The number of hydrogen-bond acceptors (Lipinski definition) is 10. The fraction of sp³-hybridized carbons (Fsp3) is 0.467. The van der Waals surface area contributed by atoms with Crippen molar-refractivity contribution in [1.29, 1.82) is 0 Å². The molecule has 10 rings (SSSR count). The summed E-state index contributed by atoms with van der Waals surface area (Å²) in [5.74, 6) is -1.14. The first-order valence-corrected chi connectivity index (χ1v) is 16.3. The molecule has 14 heteroatoms. The molecule has 0 aliphatic carbocycles. The maximum absolute atomic E-state index is 14.4. The smallest absolute Gasteiger partial charge is 0.264 e. The van der Waals surface area contributed by atoms with E-state index in [2.05, 4.69) is 10.6 Å². The molecule has 0 saturated carbocycles. The number of thioether (sulfide) groups is 2. The molecule has 226 valence electrons. The van der Waals surface area contributed by atoms with Gasteiger partial charge in [0.15, 0.2) is 19.5 Å². The average Bonchev–Trinajstić information content (AvgIpc) is 3.85. The summed E-state index contributed by atoms with van der Waals surface area (Å²) in [5.41, 5.74) is 1.55. The van der Waals surface area contributed by atoms with Gasteiger partial charge in [-0.25, -0.2) is 0 Å². The van der Waals surface area contributed by atoms with Gasteiger partial charge in [0.05, 0.1) is 24.0 Å². The summed E-state index contributed by atoms with van der Waals surface area (Å²) in [4.78, 5) is 58.1.